The minimum absolute atomic E-state index is 0.00251. The third-order valence-electron chi connectivity index (χ3n) is 5.20. The van der Waals surface area contributed by atoms with Gasteiger partial charge in [-0.1, -0.05) is 30.3 Å². The Morgan fingerprint density at radius 2 is 2.04 bits per heavy atom. The number of ether oxygens (including phenoxy) is 1. The summed E-state index contributed by atoms with van der Waals surface area (Å²) in [6, 6.07) is 6.55. The lowest BCUT2D eigenvalue weighted by Gasteiger charge is -2.37. The molecule has 7 heteroatoms. The highest BCUT2D eigenvalue weighted by Crippen LogP contribution is 2.35. The molecule has 0 saturated carbocycles. The monoisotopic (exact) mass is 362 g/mol. The number of hydrogen-bond acceptors (Lipinski definition) is 5. The second kappa shape index (κ2) is 7.43. The quantitative estimate of drug-likeness (QED) is 0.772. The van der Waals surface area contributed by atoms with Gasteiger partial charge >= 0.3 is 5.97 Å². The van der Waals surface area contributed by atoms with Gasteiger partial charge < -0.3 is 14.5 Å². The molecule has 26 heavy (non-hydrogen) atoms. The van der Waals surface area contributed by atoms with E-state index >= 15 is 0 Å². The summed E-state index contributed by atoms with van der Waals surface area (Å²) in [6.07, 6.45) is 1.89. The van der Waals surface area contributed by atoms with Crippen LogP contribution < -0.4 is 0 Å². The molecule has 0 radical (unpaired) electrons. The summed E-state index contributed by atoms with van der Waals surface area (Å²) in [5.41, 5.74) is 0.335. The number of halogens is 1. The minimum atomic E-state index is -0.516. The van der Waals surface area contributed by atoms with Crippen LogP contribution in [0.15, 0.2) is 29.4 Å². The van der Waals surface area contributed by atoms with E-state index in [1.54, 1.807) is 23.1 Å². The highest BCUT2D eigenvalue weighted by atomic mass is 19.1. The Morgan fingerprint density at radius 3 is 2.69 bits per heavy atom. The van der Waals surface area contributed by atoms with Crippen molar-refractivity contribution >= 4 is 17.6 Å². The van der Waals surface area contributed by atoms with Gasteiger partial charge in [0, 0.05) is 38.8 Å². The van der Waals surface area contributed by atoms with Crippen LogP contribution in [0.25, 0.3) is 0 Å². The van der Waals surface area contributed by atoms with Crippen molar-refractivity contribution in [2.45, 2.75) is 44.1 Å². The first kappa shape index (κ1) is 18.4. The van der Waals surface area contributed by atoms with E-state index in [0.717, 1.165) is 0 Å². The number of hydrogen-bond donors (Lipinski definition) is 0. The number of benzene rings is 1. The van der Waals surface area contributed by atoms with Crippen molar-refractivity contribution in [3.63, 3.8) is 0 Å². The molecule has 6 nitrogen and oxygen atoms in total. The Labute approximate surface area is 151 Å². The summed E-state index contributed by atoms with van der Waals surface area (Å²) in [6.45, 7) is 2.93. The van der Waals surface area contributed by atoms with Crippen molar-refractivity contribution in [1.82, 2.24) is 4.90 Å². The van der Waals surface area contributed by atoms with Gasteiger partial charge in [0.15, 0.2) is 5.71 Å². The molecule has 1 aromatic carbocycles. The average Bonchev–Trinajstić information content (AvgIpc) is 3.05. The van der Waals surface area contributed by atoms with Crippen LogP contribution in [0.4, 0.5) is 4.39 Å². The zero-order chi connectivity index (χ0) is 18.7. The lowest BCUT2D eigenvalue weighted by Crippen LogP contribution is -2.47. The molecule has 2 aliphatic rings. The number of carbonyl (C=O) groups excluding carboxylic acids is 2. The number of likely N-dealkylation sites (tertiary alicyclic amines) is 1. The molecule has 1 spiro atoms. The number of rotatable bonds is 4. The highest BCUT2D eigenvalue weighted by Gasteiger charge is 2.44. The summed E-state index contributed by atoms with van der Waals surface area (Å²) < 4.78 is 18.6. The normalized spacial score (nSPS) is 19.7. The molecule has 1 aromatic rings. The topological polar surface area (TPSA) is 68.2 Å². The molecule has 2 aliphatic heterocycles. The molecule has 1 saturated heterocycles. The number of oxime groups is 1. The number of carbonyl (C=O) groups is 2. The van der Waals surface area contributed by atoms with E-state index in [-0.39, 0.29) is 24.1 Å². The van der Waals surface area contributed by atoms with Gasteiger partial charge in [0.2, 0.25) is 5.91 Å². The Bertz CT molecular complexity index is 726. The second-order valence-corrected chi connectivity index (χ2v) is 6.99. The van der Waals surface area contributed by atoms with Crippen LogP contribution in [-0.4, -0.2) is 48.3 Å². The Kier molecular flexibility index (Phi) is 5.25. The first-order chi connectivity index (χ1) is 12.4. The summed E-state index contributed by atoms with van der Waals surface area (Å²) in [4.78, 5) is 31.4. The first-order valence-electron chi connectivity index (χ1n) is 8.80. The van der Waals surface area contributed by atoms with Gasteiger partial charge in [-0.25, -0.2) is 9.18 Å². The number of piperidine rings is 1. The third kappa shape index (κ3) is 3.71. The maximum Gasteiger partial charge on any atom is 0.355 e. The van der Waals surface area contributed by atoms with Crippen LogP contribution >= 0.6 is 0 Å². The van der Waals surface area contributed by atoms with Gasteiger partial charge in [-0.3, -0.25) is 4.79 Å². The predicted molar refractivity (Wildman–Crippen MR) is 93.1 cm³/mol. The van der Waals surface area contributed by atoms with Crippen LogP contribution in [0, 0.1) is 5.82 Å². The summed E-state index contributed by atoms with van der Waals surface area (Å²) >= 11 is 0. The summed E-state index contributed by atoms with van der Waals surface area (Å²) in [5.74, 6) is -0.935. The lowest BCUT2D eigenvalue weighted by atomic mass is 9.86. The van der Waals surface area contributed by atoms with E-state index in [1.807, 2.05) is 6.92 Å². The SMILES string of the molecule is COC(=O)C1=NOC2(CCN(C(=O)CC(C)c3ccccc3F)CC2)C1. The predicted octanol–water partition coefficient (Wildman–Crippen LogP) is 2.63. The Balaban J connectivity index is 1.53. The number of esters is 1. The molecule has 0 aliphatic carbocycles. The van der Waals surface area contributed by atoms with Crippen LogP contribution in [0.5, 0.6) is 0 Å². The molecule has 1 unspecified atom stereocenters. The van der Waals surface area contributed by atoms with E-state index in [1.165, 1.54) is 13.2 Å². The van der Waals surface area contributed by atoms with Gasteiger partial charge in [-0.2, -0.15) is 0 Å². The second-order valence-electron chi connectivity index (χ2n) is 6.99. The van der Waals surface area contributed by atoms with E-state index in [0.29, 0.717) is 43.6 Å². The lowest BCUT2D eigenvalue weighted by molar-refractivity contribution is -0.137. The van der Waals surface area contributed by atoms with Crippen molar-refractivity contribution < 1.29 is 23.6 Å². The van der Waals surface area contributed by atoms with E-state index < -0.39 is 11.6 Å². The van der Waals surface area contributed by atoms with Crippen molar-refractivity contribution in [2.75, 3.05) is 20.2 Å². The standard InChI is InChI=1S/C19H23FN2O4/c1-13(14-5-3-4-6-15(14)20)11-17(23)22-9-7-19(8-10-22)12-16(21-26-19)18(24)25-2/h3-6,13H,7-12H2,1-2H3. The molecule has 3 rings (SSSR count). The molecule has 1 amide bonds. The molecule has 0 N–H and O–H groups in total. The fourth-order valence-electron chi connectivity index (χ4n) is 3.56. The largest absolute Gasteiger partial charge is 0.464 e. The molecule has 1 atom stereocenters. The van der Waals surface area contributed by atoms with Crippen molar-refractivity contribution in [3.05, 3.63) is 35.6 Å². The first-order valence-corrected chi connectivity index (χ1v) is 8.80. The average molecular weight is 362 g/mol. The fraction of sp³-hybridized carbons (Fsp3) is 0.526. The highest BCUT2D eigenvalue weighted by molar-refractivity contribution is 6.36. The van der Waals surface area contributed by atoms with Gasteiger partial charge in [0.05, 0.1) is 7.11 Å². The van der Waals surface area contributed by atoms with Crippen LogP contribution in [0.3, 0.4) is 0 Å². The third-order valence-corrected chi connectivity index (χ3v) is 5.20. The molecule has 0 aromatic heterocycles. The smallest absolute Gasteiger partial charge is 0.355 e. The maximum atomic E-state index is 13.9. The maximum absolute atomic E-state index is 13.9. The zero-order valence-electron chi connectivity index (χ0n) is 15.0. The van der Waals surface area contributed by atoms with Gasteiger partial charge in [-0.15, -0.1) is 0 Å². The number of methoxy groups -OCH3 is 1. The number of amides is 1. The Hall–Kier alpha value is -2.44. The van der Waals surface area contributed by atoms with Crippen LogP contribution in [0.1, 0.15) is 44.1 Å². The fourth-order valence-corrected chi connectivity index (χ4v) is 3.56. The van der Waals surface area contributed by atoms with E-state index in [9.17, 15) is 14.0 Å². The van der Waals surface area contributed by atoms with E-state index in [4.69, 9.17) is 4.84 Å². The summed E-state index contributed by atoms with van der Waals surface area (Å²) in [7, 11) is 1.31. The molecular formula is C19H23FN2O4. The van der Waals surface area contributed by atoms with Crippen LogP contribution in [-0.2, 0) is 19.2 Å². The van der Waals surface area contributed by atoms with Crippen molar-refractivity contribution in [2.24, 2.45) is 5.16 Å². The Morgan fingerprint density at radius 1 is 1.35 bits per heavy atom. The molecular weight excluding hydrogens is 339 g/mol. The molecule has 2 heterocycles. The van der Waals surface area contributed by atoms with Gasteiger partial charge in [0.25, 0.3) is 0 Å². The van der Waals surface area contributed by atoms with E-state index in [2.05, 4.69) is 9.89 Å². The zero-order valence-corrected chi connectivity index (χ0v) is 15.0. The molecule has 1 fully saturated rings. The van der Waals surface area contributed by atoms with Crippen molar-refractivity contribution in [3.8, 4) is 0 Å². The van der Waals surface area contributed by atoms with Crippen molar-refractivity contribution in [1.29, 1.82) is 0 Å². The molecule has 0 bridgehead atoms. The van der Waals surface area contributed by atoms with Gasteiger partial charge in [0.1, 0.15) is 11.4 Å². The number of nitrogens with zero attached hydrogens (tertiary/aromatic N) is 2. The molecule has 140 valence electrons. The van der Waals surface area contributed by atoms with Crippen LogP contribution in [0.2, 0.25) is 0 Å². The van der Waals surface area contributed by atoms with Gasteiger partial charge in [-0.05, 0) is 17.5 Å². The minimum Gasteiger partial charge on any atom is -0.464 e. The summed E-state index contributed by atoms with van der Waals surface area (Å²) in [5, 5.41) is 3.85.